The van der Waals surface area contributed by atoms with Gasteiger partial charge >= 0.3 is 0 Å². The number of anilines is 1. The van der Waals surface area contributed by atoms with Crippen molar-refractivity contribution in [3.8, 4) is 11.1 Å². The minimum Gasteiger partial charge on any atom is -0.391 e. The zero-order valence-corrected chi connectivity index (χ0v) is 10.9. The molecule has 2 N–H and O–H groups in total. The molecule has 1 aliphatic rings. The maximum atomic E-state index is 9.95. The highest BCUT2D eigenvalue weighted by Crippen LogP contribution is 2.30. The summed E-state index contributed by atoms with van der Waals surface area (Å²) < 4.78 is 0. The highest BCUT2D eigenvalue weighted by Gasteiger charge is 2.25. The third-order valence-corrected chi connectivity index (χ3v) is 3.83. The predicted octanol–water partition coefficient (Wildman–Crippen LogP) is 3.68. The minimum atomic E-state index is -0.219. The van der Waals surface area contributed by atoms with E-state index in [4.69, 9.17) is 0 Å². The van der Waals surface area contributed by atoms with Crippen molar-refractivity contribution in [3.63, 3.8) is 0 Å². The second-order valence-corrected chi connectivity index (χ2v) is 5.16. The molecule has 0 aromatic heterocycles. The molecule has 98 valence electrons. The van der Waals surface area contributed by atoms with Crippen molar-refractivity contribution in [3.05, 3.63) is 54.6 Å². The first-order valence-electron chi connectivity index (χ1n) is 6.93. The van der Waals surface area contributed by atoms with Crippen molar-refractivity contribution >= 4 is 5.69 Å². The monoisotopic (exact) mass is 253 g/mol. The van der Waals surface area contributed by atoms with Crippen molar-refractivity contribution in [2.45, 2.75) is 31.4 Å². The van der Waals surface area contributed by atoms with E-state index in [2.05, 4.69) is 47.8 Å². The summed E-state index contributed by atoms with van der Waals surface area (Å²) in [6.45, 7) is 0. The third-order valence-electron chi connectivity index (χ3n) is 3.83. The smallest absolute Gasteiger partial charge is 0.0741 e. The van der Waals surface area contributed by atoms with Crippen molar-refractivity contribution in [2.75, 3.05) is 5.32 Å². The van der Waals surface area contributed by atoms with Crippen LogP contribution in [0.2, 0.25) is 0 Å². The summed E-state index contributed by atoms with van der Waals surface area (Å²) in [6.07, 6.45) is 2.84. The van der Waals surface area contributed by atoms with Gasteiger partial charge in [-0.25, -0.2) is 0 Å². The van der Waals surface area contributed by atoms with E-state index < -0.39 is 0 Å². The number of rotatable bonds is 3. The van der Waals surface area contributed by atoms with E-state index in [9.17, 15) is 5.11 Å². The van der Waals surface area contributed by atoms with Crippen LogP contribution in [-0.2, 0) is 0 Å². The Morgan fingerprint density at radius 3 is 2.37 bits per heavy atom. The van der Waals surface area contributed by atoms with E-state index >= 15 is 0 Å². The fourth-order valence-corrected chi connectivity index (χ4v) is 2.79. The van der Waals surface area contributed by atoms with E-state index in [1.807, 2.05) is 12.1 Å². The van der Waals surface area contributed by atoms with Crippen molar-refractivity contribution in [1.82, 2.24) is 0 Å². The van der Waals surface area contributed by atoms with Crippen LogP contribution in [0.3, 0.4) is 0 Å². The molecule has 1 fully saturated rings. The summed E-state index contributed by atoms with van der Waals surface area (Å²) in [5.74, 6) is 0. The normalized spacial score (nSPS) is 22.4. The number of aliphatic hydroxyl groups is 1. The second kappa shape index (κ2) is 5.45. The molecule has 1 aliphatic carbocycles. The van der Waals surface area contributed by atoms with Gasteiger partial charge in [-0.1, -0.05) is 48.5 Å². The first-order valence-corrected chi connectivity index (χ1v) is 6.93. The average molecular weight is 253 g/mol. The van der Waals surface area contributed by atoms with Gasteiger partial charge in [-0.15, -0.1) is 0 Å². The molecular formula is C17H19NO. The van der Waals surface area contributed by atoms with Gasteiger partial charge in [0.05, 0.1) is 12.1 Å². The summed E-state index contributed by atoms with van der Waals surface area (Å²) in [6, 6.07) is 18.9. The van der Waals surface area contributed by atoms with Gasteiger partial charge < -0.3 is 10.4 Å². The van der Waals surface area contributed by atoms with Gasteiger partial charge in [0.25, 0.3) is 0 Å². The van der Waals surface area contributed by atoms with Crippen molar-refractivity contribution in [2.24, 2.45) is 0 Å². The summed E-state index contributed by atoms with van der Waals surface area (Å²) in [5.41, 5.74) is 3.51. The predicted molar refractivity (Wildman–Crippen MR) is 79.1 cm³/mol. The maximum absolute atomic E-state index is 9.95. The maximum Gasteiger partial charge on any atom is 0.0741 e. The molecule has 2 unspecified atom stereocenters. The molecule has 3 rings (SSSR count). The minimum absolute atomic E-state index is 0.185. The Morgan fingerprint density at radius 2 is 1.63 bits per heavy atom. The number of hydrogen-bond donors (Lipinski definition) is 2. The lowest BCUT2D eigenvalue weighted by Gasteiger charge is -2.20. The molecule has 2 aromatic carbocycles. The van der Waals surface area contributed by atoms with Gasteiger partial charge in [-0.3, -0.25) is 0 Å². The molecule has 0 radical (unpaired) electrons. The lowest BCUT2D eigenvalue weighted by atomic mass is 10.0. The zero-order chi connectivity index (χ0) is 13.1. The van der Waals surface area contributed by atoms with E-state index in [-0.39, 0.29) is 12.1 Å². The van der Waals surface area contributed by atoms with E-state index in [0.29, 0.717) is 0 Å². The highest BCUT2D eigenvalue weighted by molar-refractivity contribution is 5.77. The molecule has 0 heterocycles. The third kappa shape index (κ3) is 2.64. The van der Waals surface area contributed by atoms with Crippen LogP contribution < -0.4 is 5.32 Å². The quantitative estimate of drug-likeness (QED) is 0.874. The van der Waals surface area contributed by atoms with Crippen molar-refractivity contribution < 1.29 is 5.11 Å². The first-order chi connectivity index (χ1) is 9.34. The number of aliphatic hydroxyl groups excluding tert-OH is 1. The molecule has 0 saturated heterocycles. The standard InChI is InChI=1S/C17H19NO/c19-17-12-6-11-16(17)18-15-10-5-4-9-14(15)13-7-2-1-3-8-13/h1-5,7-10,16-19H,6,11-12H2. The van der Waals surface area contributed by atoms with Crippen LogP contribution in [0.5, 0.6) is 0 Å². The summed E-state index contributed by atoms with van der Waals surface area (Å²) in [5, 5.41) is 13.5. The molecule has 1 saturated carbocycles. The molecule has 2 nitrogen and oxygen atoms in total. The van der Waals surface area contributed by atoms with Crippen LogP contribution in [0.1, 0.15) is 19.3 Å². The van der Waals surface area contributed by atoms with Crippen LogP contribution in [0.4, 0.5) is 5.69 Å². The Labute approximate surface area is 114 Å². The molecule has 0 amide bonds. The summed E-state index contributed by atoms with van der Waals surface area (Å²) in [4.78, 5) is 0. The highest BCUT2D eigenvalue weighted by atomic mass is 16.3. The van der Waals surface area contributed by atoms with Crippen molar-refractivity contribution in [1.29, 1.82) is 0 Å². The molecule has 2 atom stereocenters. The molecule has 2 heteroatoms. The topological polar surface area (TPSA) is 32.3 Å². The zero-order valence-electron chi connectivity index (χ0n) is 10.9. The Morgan fingerprint density at radius 1 is 0.895 bits per heavy atom. The lowest BCUT2D eigenvalue weighted by Crippen LogP contribution is -2.28. The number of benzene rings is 2. The molecular weight excluding hydrogens is 234 g/mol. The molecule has 0 bridgehead atoms. The first kappa shape index (κ1) is 12.2. The Hall–Kier alpha value is -1.80. The Kier molecular flexibility index (Phi) is 3.51. The fourth-order valence-electron chi connectivity index (χ4n) is 2.79. The van der Waals surface area contributed by atoms with Crippen LogP contribution >= 0.6 is 0 Å². The largest absolute Gasteiger partial charge is 0.391 e. The number of hydrogen-bond acceptors (Lipinski definition) is 2. The van der Waals surface area contributed by atoms with E-state index in [1.165, 1.54) is 11.1 Å². The SMILES string of the molecule is OC1CCCC1Nc1ccccc1-c1ccccc1. The Balaban J connectivity index is 1.89. The van der Waals surface area contributed by atoms with Gasteiger partial charge in [0, 0.05) is 11.3 Å². The summed E-state index contributed by atoms with van der Waals surface area (Å²) >= 11 is 0. The van der Waals surface area contributed by atoms with Crippen LogP contribution in [0, 0.1) is 0 Å². The van der Waals surface area contributed by atoms with Crippen LogP contribution in [-0.4, -0.2) is 17.3 Å². The molecule has 0 spiro atoms. The molecule has 0 aliphatic heterocycles. The second-order valence-electron chi connectivity index (χ2n) is 5.16. The molecule has 19 heavy (non-hydrogen) atoms. The number of nitrogens with one attached hydrogen (secondary N) is 1. The van der Waals surface area contributed by atoms with Crippen LogP contribution in [0.25, 0.3) is 11.1 Å². The van der Waals surface area contributed by atoms with Crippen LogP contribution in [0.15, 0.2) is 54.6 Å². The van der Waals surface area contributed by atoms with E-state index in [0.717, 1.165) is 24.9 Å². The van der Waals surface area contributed by atoms with Gasteiger partial charge in [-0.05, 0) is 30.9 Å². The Bertz CT molecular complexity index is 538. The molecule has 2 aromatic rings. The average Bonchev–Trinajstić information content (AvgIpc) is 2.86. The van der Waals surface area contributed by atoms with Gasteiger partial charge in [0.1, 0.15) is 0 Å². The lowest BCUT2D eigenvalue weighted by molar-refractivity contribution is 0.172. The van der Waals surface area contributed by atoms with Gasteiger partial charge in [0.2, 0.25) is 0 Å². The number of para-hydroxylation sites is 1. The van der Waals surface area contributed by atoms with Gasteiger partial charge in [0.15, 0.2) is 0 Å². The summed E-state index contributed by atoms with van der Waals surface area (Å²) in [7, 11) is 0. The van der Waals surface area contributed by atoms with E-state index in [1.54, 1.807) is 0 Å². The fraction of sp³-hybridized carbons (Fsp3) is 0.294. The van der Waals surface area contributed by atoms with Gasteiger partial charge in [-0.2, -0.15) is 0 Å².